The first-order valence-electron chi connectivity index (χ1n) is 8.77. The normalized spacial score (nSPS) is 11.6. The lowest BCUT2D eigenvalue weighted by Gasteiger charge is -2.11. The summed E-state index contributed by atoms with van der Waals surface area (Å²) in [6.07, 6.45) is -3.54. The molecule has 2 aromatic carbocycles. The molecule has 0 saturated carbocycles. The maximum absolute atomic E-state index is 13.5. The third-order valence-corrected chi connectivity index (χ3v) is 4.30. The SMILES string of the molecule is O=[N+]([O-])c1ccc(Cn2cnc3c(Nc4cccc(F)c4)nc(C(F)(F)F)nc32)cc1. The van der Waals surface area contributed by atoms with Crippen molar-refractivity contribution >= 4 is 28.4 Å². The minimum absolute atomic E-state index is 0.0548. The summed E-state index contributed by atoms with van der Waals surface area (Å²) in [5.41, 5.74) is 0.635. The van der Waals surface area contributed by atoms with Gasteiger partial charge < -0.3 is 9.88 Å². The van der Waals surface area contributed by atoms with Crippen molar-refractivity contribution in [2.75, 3.05) is 5.32 Å². The number of alkyl halides is 3. The molecule has 0 saturated heterocycles. The summed E-state index contributed by atoms with van der Waals surface area (Å²) < 4.78 is 55.0. The Balaban J connectivity index is 1.76. The fourth-order valence-electron chi connectivity index (χ4n) is 2.90. The van der Waals surface area contributed by atoms with Gasteiger partial charge in [0, 0.05) is 17.8 Å². The van der Waals surface area contributed by atoms with Crippen LogP contribution in [0.15, 0.2) is 54.9 Å². The Morgan fingerprint density at radius 3 is 2.48 bits per heavy atom. The minimum Gasteiger partial charge on any atom is -0.338 e. The van der Waals surface area contributed by atoms with E-state index in [1.165, 1.54) is 53.4 Å². The zero-order valence-corrected chi connectivity index (χ0v) is 15.5. The summed E-state index contributed by atoms with van der Waals surface area (Å²) >= 11 is 0. The van der Waals surface area contributed by atoms with E-state index in [4.69, 9.17) is 0 Å². The van der Waals surface area contributed by atoms with E-state index in [1.54, 1.807) is 0 Å². The van der Waals surface area contributed by atoms with Crippen LogP contribution < -0.4 is 5.32 Å². The molecule has 0 aliphatic carbocycles. The van der Waals surface area contributed by atoms with Crippen LogP contribution in [0.4, 0.5) is 34.8 Å². The zero-order valence-electron chi connectivity index (χ0n) is 15.5. The van der Waals surface area contributed by atoms with Gasteiger partial charge in [-0.25, -0.2) is 19.3 Å². The number of non-ortho nitro benzene ring substituents is 1. The summed E-state index contributed by atoms with van der Waals surface area (Å²) in [6, 6.07) is 10.7. The lowest BCUT2D eigenvalue weighted by molar-refractivity contribution is -0.384. The highest BCUT2D eigenvalue weighted by atomic mass is 19.4. The number of nitro groups is 1. The minimum atomic E-state index is -4.82. The van der Waals surface area contributed by atoms with Crippen molar-refractivity contribution in [3.8, 4) is 0 Å². The van der Waals surface area contributed by atoms with E-state index in [9.17, 15) is 27.7 Å². The van der Waals surface area contributed by atoms with Crippen LogP contribution in [0.25, 0.3) is 11.2 Å². The molecule has 0 unspecified atom stereocenters. The Bertz CT molecular complexity index is 1270. The van der Waals surface area contributed by atoms with E-state index in [2.05, 4.69) is 20.3 Å². The third-order valence-electron chi connectivity index (χ3n) is 4.30. The topological polar surface area (TPSA) is 98.8 Å². The van der Waals surface area contributed by atoms with Gasteiger partial charge in [0.25, 0.3) is 5.69 Å². The first kappa shape index (κ1) is 20.2. The van der Waals surface area contributed by atoms with Crippen molar-refractivity contribution in [3.63, 3.8) is 0 Å². The summed E-state index contributed by atoms with van der Waals surface area (Å²) in [5, 5.41) is 13.4. The molecule has 0 bridgehead atoms. The van der Waals surface area contributed by atoms with E-state index >= 15 is 0 Å². The second kappa shape index (κ2) is 7.63. The average Bonchev–Trinajstić information content (AvgIpc) is 3.11. The molecule has 158 valence electrons. The second-order valence-corrected chi connectivity index (χ2v) is 6.50. The van der Waals surface area contributed by atoms with Gasteiger partial charge in [-0.1, -0.05) is 18.2 Å². The van der Waals surface area contributed by atoms with Gasteiger partial charge in [0.1, 0.15) is 5.82 Å². The number of halogens is 4. The summed E-state index contributed by atoms with van der Waals surface area (Å²) in [6.45, 7) is 0.0716. The number of imidazole rings is 1. The number of fused-ring (bicyclic) bond motifs is 1. The molecule has 0 radical (unpaired) electrons. The molecular formula is C19H12F4N6O2. The highest BCUT2D eigenvalue weighted by Crippen LogP contribution is 2.31. The van der Waals surface area contributed by atoms with E-state index in [1.807, 2.05) is 0 Å². The fourth-order valence-corrected chi connectivity index (χ4v) is 2.90. The van der Waals surface area contributed by atoms with Crippen LogP contribution in [0.5, 0.6) is 0 Å². The van der Waals surface area contributed by atoms with Gasteiger partial charge in [-0.05, 0) is 23.8 Å². The van der Waals surface area contributed by atoms with E-state index < -0.39 is 22.7 Å². The van der Waals surface area contributed by atoms with Crippen LogP contribution in [0.1, 0.15) is 11.4 Å². The number of anilines is 2. The fraction of sp³-hybridized carbons (Fsp3) is 0.105. The number of nitrogens with zero attached hydrogens (tertiary/aromatic N) is 5. The molecule has 1 N–H and O–H groups in total. The molecule has 12 heteroatoms. The molecule has 0 atom stereocenters. The van der Waals surface area contributed by atoms with Crippen molar-refractivity contribution in [1.82, 2.24) is 19.5 Å². The molecule has 4 aromatic rings. The molecule has 2 aromatic heterocycles. The van der Waals surface area contributed by atoms with Crippen LogP contribution in [0.3, 0.4) is 0 Å². The molecule has 0 aliphatic rings. The smallest absolute Gasteiger partial charge is 0.338 e. The van der Waals surface area contributed by atoms with Crippen LogP contribution in [-0.2, 0) is 12.7 Å². The molecule has 4 rings (SSSR count). The first-order valence-corrected chi connectivity index (χ1v) is 8.77. The number of hydrogen-bond acceptors (Lipinski definition) is 6. The standard InChI is InChI=1S/C19H12F4N6O2/c20-12-2-1-3-13(8-12)25-16-15-17(27-18(26-16)19(21,22)23)28(10-24-15)9-11-4-6-14(7-5-11)29(30)31/h1-8,10H,9H2,(H,25,26,27). The highest BCUT2D eigenvalue weighted by Gasteiger charge is 2.36. The molecule has 0 spiro atoms. The summed E-state index contributed by atoms with van der Waals surface area (Å²) in [4.78, 5) is 21.5. The third kappa shape index (κ3) is 4.27. The van der Waals surface area contributed by atoms with Crippen molar-refractivity contribution < 1.29 is 22.5 Å². The van der Waals surface area contributed by atoms with E-state index in [0.717, 1.165) is 6.07 Å². The van der Waals surface area contributed by atoms with Crippen LogP contribution >= 0.6 is 0 Å². The molecule has 0 amide bonds. The van der Waals surface area contributed by atoms with Crippen molar-refractivity contribution in [2.45, 2.75) is 12.7 Å². The average molecular weight is 432 g/mol. The Kier molecular flexibility index (Phi) is 4.97. The predicted octanol–water partition coefficient (Wildman–Crippen LogP) is 4.68. The lowest BCUT2D eigenvalue weighted by atomic mass is 10.2. The van der Waals surface area contributed by atoms with Gasteiger partial charge in [-0.3, -0.25) is 10.1 Å². The molecule has 0 fully saturated rings. The number of hydrogen-bond donors (Lipinski definition) is 1. The largest absolute Gasteiger partial charge is 0.451 e. The Morgan fingerprint density at radius 1 is 1.10 bits per heavy atom. The predicted molar refractivity (Wildman–Crippen MR) is 102 cm³/mol. The Hall–Kier alpha value is -4.09. The number of benzene rings is 2. The molecule has 8 nitrogen and oxygen atoms in total. The van der Waals surface area contributed by atoms with Crippen molar-refractivity contribution in [2.24, 2.45) is 0 Å². The molecule has 0 aliphatic heterocycles. The highest BCUT2D eigenvalue weighted by molar-refractivity contribution is 5.85. The molecule has 31 heavy (non-hydrogen) atoms. The van der Waals surface area contributed by atoms with Gasteiger partial charge in [0.2, 0.25) is 5.82 Å². The van der Waals surface area contributed by atoms with E-state index in [-0.39, 0.29) is 34.9 Å². The number of nitro benzene ring substituents is 1. The summed E-state index contributed by atoms with van der Waals surface area (Å²) in [7, 11) is 0. The number of nitrogens with one attached hydrogen (secondary N) is 1. The monoisotopic (exact) mass is 432 g/mol. The molecule has 2 heterocycles. The van der Waals surface area contributed by atoms with Crippen molar-refractivity contribution in [3.05, 3.63) is 82.2 Å². The quantitative estimate of drug-likeness (QED) is 0.279. The number of rotatable bonds is 5. The first-order chi connectivity index (χ1) is 14.7. The number of aromatic nitrogens is 4. The Labute approximate surface area is 171 Å². The van der Waals surface area contributed by atoms with Gasteiger partial charge in [-0.2, -0.15) is 13.2 Å². The zero-order chi connectivity index (χ0) is 22.2. The van der Waals surface area contributed by atoms with Gasteiger partial charge in [0.15, 0.2) is 17.0 Å². The Morgan fingerprint density at radius 2 is 1.84 bits per heavy atom. The van der Waals surface area contributed by atoms with Gasteiger partial charge in [0.05, 0.1) is 17.8 Å². The second-order valence-electron chi connectivity index (χ2n) is 6.50. The molecular weight excluding hydrogens is 420 g/mol. The lowest BCUT2D eigenvalue weighted by Crippen LogP contribution is -2.14. The van der Waals surface area contributed by atoms with Crippen LogP contribution in [-0.4, -0.2) is 24.4 Å². The maximum atomic E-state index is 13.5. The van der Waals surface area contributed by atoms with Crippen LogP contribution in [0.2, 0.25) is 0 Å². The van der Waals surface area contributed by atoms with Gasteiger partial charge in [-0.15, -0.1) is 0 Å². The van der Waals surface area contributed by atoms with Crippen LogP contribution in [0, 0.1) is 15.9 Å². The van der Waals surface area contributed by atoms with Gasteiger partial charge >= 0.3 is 6.18 Å². The maximum Gasteiger partial charge on any atom is 0.451 e. The van der Waals surface area contributed by atoms with E-state index in [0.29, 0.717) is 5.56 Å². The summed E-state index contributed by atoms with van der Waals surface area (Å²) in [5.74, 6) is -2.19. The van der Waals surface area contributed by atoms with Crippen molar-refractivity contribution in [1.29, 1.82) is 0 Å².